The molecule has 1 atom stereocenters. The highest BCUT2D eigenvalue weighted by Crippen LogP contribution is 2.32. The van der Waals surface area contributed by atoms with Gasteiger partial charge in [0.15, 0.2) is 15.3 Å². The number of hydrogen-bond donors (Lipinski definition) is 0. The van der Waals surface area contributed by atoms with Gasteiger partial charge in [0.1, 0.15) is 9.92 Å². The molecule has 1 aromatic heterocycles. The fourth-order valence-corrected chi connectivity index (χ4v) is 4.00. The van der Waals surface area contributed by atoms with E-state index in [1.54, 1.807) is 26.8 Å². The summed E-state index contributed by atoms with van der Waals surface area (Å²) in [6.45, 7) is 5.18. The highest BCUT2D eigenvalue weighted by molar-refractivity contribution is 8.00. The summed E-state index contributed by atoms with van der Waals surface area (Å²) in [7, 11) is -3.38. The van der Waals surface area contributed by atoms with Crippen molar-refractivity contribution in [3.8, 4) is 0 Å². The van der Waals surface area contributed by atoms with Crippen LogP contribution in [0.3, 0.4) is 0 Å². The number of pyridine rings is 1. The molecule has 1 aromatic rings. The van der Waals surface area contributed by atoms with Gasteiger partial charge in [-0.05, 0) is 31.9 Å². The van der Waals surface area contributed by atoms with E-state index in [0.717, 1.165) is 18.0 Å². The lowest BCUT2D eigenvalue weighted by molar-refractivity contribution is 0.442. The number of thioether (sulfide) groups is 1. The molecule has 1 rings (SSSR count). The van der Waals surface area contributed by atoms with Crippen LogP contribution in [0.4, 0.5) is 4.39 Å². The minimum atomic E-state index is -3.38. The van der Waals surface area contributed by atoms with Crippen LogP contribution in [0, 0.1) is 13.8 Å². The third-order valence-electron chi connectivity index (χ3n) is 2.19. The van der Waals surface area contributed by atoms with Crippen LogP contribution >= 0.6 is 11.8 Å². The fraction of sp³-hybridized carbons (Fsp3) is 0.545. The maximum absolute atomic E-state index is 13.4. The van der Waals surface area contributed by atoms with Crippen LogP contribution < -0.4 is 0 Å². The molecule has 3 nitrogen and oxygen atoms in total. The first-order valence-corrected chi connectivity index (χ1v) is 8.01. The average molecular weight is 277 g/mol. The van der Waals surface area contributed by atoms with Gasteiger partial charge in [0.25, 0.3) is 0 Å². The minimum Gasteiger partial charge on any atom is -0.245 e. The van der Waals surface area contributed by atoms with Gasteiger partial charge >= 0.3 is 0 Å². The number of aromatic nitrogens is 1. The Kier molecular flexibility index (Phi) is 4.55. The van der Waals surface area contributed by atoms with Crippen molar-refractivity contribution in [3.63, 3.8) is 0 Å². The molecule has 0 amide bonds. The predicted molar refractivity (Wildman–Crippen MR) is 67.9 cm³/mol. The molecule has 96 valence electrons. The van der Waals surface area contributed by atoms with Crippen molar-refractivity contribution in [2.75, 3.05) is 6.26 Å². The van der Waals surface area contributed by atoms with E-state index in [1.807, 2.05) is 0 Å². The van der Waals surface area contributed by atoms with Gasteiger partial charge < -0.3 is 0 Å². The first kappa shape index (κ1) is 14.4. The number of sulfone groups is 1. The molecule has 1 heterocycles. The molecule has 0 aromatic carbocycles. The number of halogens is 1. The van der Waals surface area contributed by atoms with Crippen molar-refractivity contribution in [1.82, 2.24) is 4.98 Å². The standard InChI is InChI=1S/C11H16FNO2S2/c1-5-9(12)16-11-10(17(4,14)15)7(2)6-8(3)13-11/h6,9H,5H2,1-4H3. The topological polar surface area (TPSA) is 47.0 Å². The molecule has 0 aliphatic carbocycles. The molecule has 0 radical (unpaired) electrons. The maximum Gasteiger partial charge on any atom is 0.178 e. The van der Waals surface area contributed by atoms with Crippen molar-refractivity contribution >= 4 is 21.6 Å². The Morgan fingerprint density at radius 1 is 1.47 bits per heavy atom. The lowest BCUT2D eigenvalue weighted by atomic mass is 10.2. The third kappa shape index (κ3) is 3.67. The summed E-state index contributed by atoms with van der Waals surface area (Å²) >= 11 is 0.868. The zero-order chi connectivity index (χ0) is 13.2. The van der Waals surface area contributed by atoms with Crippen molar-refractivity contribution in [3.05, 3.63) is 17.3 Å². The van der Waals surface area contributed by atoms with Gasteiger partial charge in [-0.2, -0.15) is 0 Å². The zero-order valence-corrected chi connectivity index (χ0v) is 12.0. The maximum atomic E-state index is 13.4. The third-order valence-corrected chi connectivity index (χ3v) is 4.68. The van der Waals surface area contributed by atoms with E-state index in [2.05, 4.69) is 4.98 Å². The van der Waals surface area contributed by atoms with E-state index < -0.39 is 15.3 Å². The Bertz CT molecular complexity index is 514. The molecule has 0 saturated heterocycles. The monoisotopic (exact) mass is 277 g/mol. The van der Waals surface area contributed by atoms with E-state index in [1.165, 1.54) is 0 Å². The second-order valence-electron chi connectivity index (χ2n) is 3.92. The Labute approximate surface area is 106 Å². The van der Waals surface area contributed by atoms with Gasteiger partial charge in [0.2, 0.25) is 0 Å². The Morgan fingerprint density at radius 2 is 2.06 bits per heavy atom. The molecule has 0 aliphatic rings. The van der Waals surface area contributed by atoms with Crippen LogP contribution in [0.15, 0.2) is 16.0 Å². The second kappa shape index (κ2) is 5.35. The lowest BCUT2D eigenvalue weighted by Gasteiger charge is -2.12. The predicted octanol–water partition coefficient (Wildman–Crippen LogP) is 2.90. The molecule has 0 fully saturated rings. The molecule has 0 spiro atoms. The van der Waals surface area contributed by atoms with Crippen molar-refractivity contribution in [1.29, 1.82) is 0 Å². The van der Waals surface area contributed by atoms with Crippen LogP contribution in [0.5, 0.6) is 0 Å². The summed E-state index contributed by atoms with van der Waals surface area (Å²) in [6.07, 6.45) is 1.44. The Morgan fingerprint density at radius 3 is 2.53 bits per heavy atom. The first-order chi connectivity index (χ1) is 7.75. The van der Waals surface area contributed by atoms with E-state index in [9.17, 15) is 12.8 Å². The molecule has 0 bridgehead atoms. The van der Waals surface area contributed by atoms with Gasteiger partial charge in [-0.1, -0.05) is 18.7 Å². The molecule has 1 unspecified atom stereocenters. The minimum absolute atomic E-state index is 0.143. The Hall–Kier alpha value is -0.620. The number of hydrogen-bond acceptors (Lipinski definition) is 4. The smallest absolute Gasteiger partial charge is 0.178 e. The Balaban J connectivity index is 3.36. The second-order valence-corrected chi connectivity index (χ2v) is 7.01. The summed E-state index contributed by atoms with van der Waals surface area (Å²) in [5, 5.41) is 0.263. The summed E-state index contributed by atoms with van der Waals surface area (Å²) in [5.74, 6) is 0. The molecule has 6 heteroatoms. The molecular weight excluding hydrogens is 261 g/mol. The van der Waals surface area contributed by atoms with E-state index >= 15 is 0 Å². The molecule has 0 saturated carbocycles. The largest absolute Gasteiger partial charge is 0.245 e. The molecular formula is C11H16FNO2S2. The van der Waals surface area contributed by atoms with Gasteiger partial charge in [0.05, 0.1) is 0 Å². The van der Waals surface area contributed by atoms with E-state index in [0.29, 0.717) is 17.7 Å². The summed E-state index contributed by atoms with van der Waals surface area (Å²) in [6, 6.07) is 1.69. The van der Waals surface area contributed by atoms with E-state index in [-0.39, 0.29) is 9.92 Å². The first-order valence-electron chi connectivity index (χ1n) is 5.24. The zero-order valence-electron chi connectivity index (χ0n) is 10.3. The van der Waals surface area contributed by atoms with Gasteiger partial charge in [-0.15, -0.1) is 0 Å². The van der Waals surface area contributed by atoms with Crippen LogP contribution in [0.25, 0.3) is 0 Å². The summed E-state index contributed by atoms with van der Waals surface area (Å²) < 4.78 is 36.7. The number of rotatable bonds is 4. The number of alkyl halides is 1. The molecule has 0 aliphatic heterocycles. The average Bonchev–Trinajstić information content (AvgIpc) is 2.13. The highest BCUT2D eigenvalue weighted by Gasteiger charge is 2.21. The van der Waals surface area contributed by atoms with Crippen molar-refractivity contribution in [2.24, 2.45) is 0 Å². The SMILES string of the molecule is CCC(F)Sc1nc(C)cc(C)c1S(C)(=O)=O. The van der Waals surface area contributed by atoms with Gasteiger partial charge in [-0.25, -0.2) is 17.8 Å². The van der Waals surface area contributed by atoms with Gasteiger partial charge in [-0.3, -0.25) is 0 Å². The quantitative estimate of drug-likeness (QED) is 0.794. The normalized spacial score (nSPS) is 13.7. The van der Waals surface area contributed by atoms with Crippen molar-refractivity contribution < 1.29 is 12.8 Å². The lowest BCUT2D eigenvalue weighted by Crippen LogP contribution is -2.06. The summed E-state index contributed by atoms with van der Waals surface area (Å²) in [5.41, 5.74) is 0.177. The molecule has 17 heavy (non-hydrogen) atoms. The number of nitrogens with zero attached hydrogens (tertiary/aromatic N) is 1. The van der Waals surface area contributed by atoms with Crippen molar-refractivity contribution in [2.45, 2.75) is 42.6 Å². The van der Waals surface area contributed by atoms with Gasteiger partial charge in [0, 0.05) is 11.9 Å². The summed E-state index contributed by atoms with van der Waals surface area (Å²) in [4.78, 5) is 4.27. The fourth-order valence-electron chi connectivity index (χ4n) is 1.53. The van der Waals surface area contributed by atoms with E-state index in [4.69, 9.17) is 0 Å². The number of aryl methyl sites for hydroxylation is 2. The van der Waals surface area contributed by atoms with Crippen LogP contribution in [0.1, 0.15) is 24.6 Å². The van der Waals surface area contributed by atoms with Crippen LogP contribution in [-0.2, 0) is 9.84 Å². The highest BCUT2D eigenvalue weighted by atomic mass is 32.2. The molecule has 0 N–H and O–H groups in total. The van der Waals surface area contributed by atoms with Crippen LogP contribution in [0.2, 0.25) is 0 Å². The van der Waals surface area contributed by atoms with Crippen LogP contribution in [-0.4, -0.2) is 25.2 Å².